The highest BCUT2D eigenvalue weighted by atomic mass is 16.6. The Morgan fingerprint density at radius 1 is 0.298 bits per heavy atom. The van der Waals surface area contributed by atoms with Crippen molar-refractivity contribution in [2.75, 3.05) is 0 Å². The minimum atomic E-state index is -0.410. The molecule has 12 bridgehead atoms. The van der Waals surface area contributed by atoms with Crippen LogP contribution < -0.4 is 14.2 Å². The molecular weight excluding hydrogens is 1060 g/mol. The maximum absolute atomic E-state index is 13.1. The molecule has 4 aromatic carbocycles. The van der Waals surface area contributed by atoms with E-state index in [-0.39, 0.29) is 56.4 Å². The van der Waals surface area contributed by atoms with Gasteiger partial charge in [-0.05, 0) is 295 Å². The van der Waals surface area contributed by atoms with E-state index in [9.17, 15) is 28.8 Å². The summed E-state index contributed by atoms with van der Waals surface area (Å²) in [5.41, 5.74) is 4.13. The zero-order chi connectivity index (χ0) is 57.9. The first kappa shape index (κ1) is 56.8. The van der Waals surface area contributed by atoms with E-state index in [0.717, 1.165) is 146 Å². The molecule has 12 saturated carbocycles. The number of benzene rings is 4. The Labute approximate surface area is 495 Å². The normalized spacial score (nSPS) is 33.3. The Balaban J connectivity index is 0.630. The van der Waals surface area contributed by atoms with Crippen molar-refractivity contribution >= 4 is 35.8 Å². The van der Waals surface area contributed by atoms with Crippen LogP contribution in [0.4, 0.5) is 0 Å². The standard InChI is InChI=1S/C72H84O12/c1-70(55-28-43-25-44(30-55)31-56(70)29-43)82-67(76)10-4-7-64(73)79-61-19-13-49(14-20-61)52-40-53(50-15-21-62(22-16-50)80-65(74)8-5-11-68(77)83-71(2)57-32-45-26-46(34-57)35-58(71)33-45)42-54(41-52)51-17-23-63(24-18-51)81-66(75)9-6-12-69(78)84-72(3)59-36-47-27-48(38-59)39-60(72)37-47/h13-24,40-48,55-60H,4-12,25-39H2,1-3H3. The summed E-state index contributed by atoms with van der Waals surface area (Å²) < 4.78 is 35.9. The Bertz CT molecular complexity index is 2710. The minimum absolute atomic E-state index is 0.0975. The van der Waals surface area contributed by atoms with E-state index in [1.807, 2.05) is 36.4 Å². The molecule has 444 valence electrons. The van der Waals surface area contributed by atoms with Crippen LogP contribution in [0, 0.1) is 71.0 Å². The van der Waals surface area contributed by atoms with E-state index < -0.39 is 34.7 Å². The summed E-state index contributed by atoms with van der Waals surface area (Å²) in [6.07, 6.45) is 19.8. The fraction of sp³-hybridized carbons (Fsp3) is 0.583. The summed E-state index contributed by atoms with van der Waals surface area (Å²) in [7, 11) is 0. The molecule has 0 amide bonds. The topological polar surface area (TPSA) is 158 Å². The van der Waals surface area contributed by atoms with Gasteiger partial charge in [-0.1, -0.05) is 36.4 Å². The van der Waals surface area contributed by atoms with Gasteiger partial charge in [0, 0.05) is 38.5 Å². The molecule has 0 aliphatic heterocycles. The molecule has 4 aromatic rings. The smallest absolute Gasteiger partial charge is 0.311 e. The van der Waals surface area contributed by atoms with Gasteiger partial charge in [0.2, 0.25) is 0 Å². The Morgan fingerprint density at radius 3 is 0.714 bits per heavy atom. The summed E-state index contributed by atoms with van der Waals surface area (Å²) in [6, 6.07) is 28.3. The first-order valence-corrected chi connectivity index (χ1v) is 32.2. The van der Waals surface area contributed by atoms with Gasteiger partial charge in [-0.3, -0.25) is 28.8 Å². The lowest BCUT2D eigenvalue weighted by atomic mass is 9.50. The van der Waals surface area contributed by atoms with Gasteiger partial charge >= 0.3 is 35.8 Å². The first-order valence-electron chi connectivity index (χ1n) is 32.2. The lowest BCUT2D eigenvalue weighted by molar-refractivity contribution is -0.204. The van der Waals surface area contributed by atoms with Crippen molar-refractivity contribution in [1.82, 2.24) is 0 Å². The largest absolute Gasteiger partial charge is 0.459 e. The van der Waals surface area contributed by atoms with E-state index in [0.29, 0.717) is 72.0 Å². The second-order valence-electron chi connectivity index (χ2n) is 28.2. The molecule has 0 unspecified atom stereocenters. The third-order valence-corrected chi connectivity index (χ3v) is 22.8. The van der Waals surface area contributed by atoms with Crippen LogP contribution in [-0.4, -0.2) is 52.6 Å². The number of hydrogen-bond acceptors (Lipinski definition) is 12. The second-order valence-corrected chi connectivity index (χ2v) is 28.2. The lowest BCUT2D eigenvalue weighted by Gasteiger charge is -2.59. The maximum Gasteiger partial charge on any atom is 0.311 e. The predicted octanol–water partition coefficient (Wildman–Crippen LogP) is 15.2. The van der Waals surface area contributed by atoms with Crippen LogP contribution in [0.25, 0.3) is 33.4 Å². The summed E-state index contributed by atoms with van der Waals surface area (Å²) in [5, 5.41) is 0. The summed E-state index contributed by atoms with van der Waals surface area (Å²) in [5.74, 6) is 6.64. The van der Waals surface area contributed by atoms with Gasteiger partial charge < -0.3 is 28.4 Å². The molecular formula is C72H84O12. The summed E-state index contributed by atoms with van der Waals surface area (Å²) in [4.78, 5) is 78.5. The monoisotopic (exact) mass is 1140 g/mol. The molecule has 84 heavy (non-hydrogen) atoms. The van der Waals surface area contributed by atoms with Gasteiger partial charge in [0.15, 0.2) is 0 Å². The average Bonchev–Trinajstić information content (AvgIpc) is 1.81. The zero-order valence-electron chi connectivity index (χ0n) is 49.5. The SMILES string of the molecule is CC1(OC(=O)CCCC(=O)Oc2ccc(-c3cc(-c4ccc(OC(=O)CCCC(=O)OC5(C)C6CC7CC(C6)CC5C7)cc4)cc(-c4ccc(OC(=O)CCCC(=O)OC5(C)C6CC7CC(C6)CC5C7)cc4)c3)cc2)C2CC3CC(C2)CC1C3. The third-order valence-electron chi connectivity index (χ3n) is 22.8. The van der Waals surface area contributed by atoms with Gasteiger partial charge in [-0.25, -0.2) is 0 Å². The van der Waals surface area contributed by atoms with Crippen LogP contribution in [0.2, 0.25) is 0 Å². The molecule has 12 aliphatic rings. The molecule has 0 heterocycles. The van der Waals surface area contributed by atoms with Crippen LogP contribution in [0.1, 0.15) is 175 Å². The highest BCUT2D eigenvalue weighted by Gasteiger charge is 2.59. The number of hydrogen-bond donors (Lipinski definition) is 0. The van der Waals surface area contributed by atoms with E-state index in [2.05, 4.69) is 39.0 Å². The molecule has 0 atom stereocenters. The van der Waals surface area contributed by atoms with Crippen LogP contribution >= 0.6 is 0 Å². The van der Waals surface area contributed by atoms with Crippen LogP contribution in [0.5, 0.6) is 17.2 Å². The molecule has 0 aromatic heterocycles. The number of carbonyl (C=O) groups excluding carboxylic acids is 6. The van der Waals surface area contributed by atoms with Crippen LogP contribution in [0.3, 0.4) is 0 Å². The minimum Gasteiger partial charge on any atom is -0.459 e. The zero-order valence-corrected chi connectivity index (χ0v) is 49.5. The molecule has 0 saturated heterocycles. The highest BCUT2D eigenvalue weighted by molar-refractivity contribution is 5.83. The van der Waals surface area contributed by atoms with Gasteiger partial charge in [0.05, 0.1) is 0 Å². The number of ether oxygens (including phenoxy) is 6. The van der Waals surface area contributed by atoms with E-state index in [1.54, 1.807) is 36.4 Å². The number of esters is 6. The fourth-order valence-corrected chi connectivity index (χ4v) is 18.7. The van der Waals surface area contributed by atoms with Crippen LogP contribution in [0.15, 0.2) is 91.0 Å². The van der Waals surface area contributed by atoms with Crippen molar-refractivity contribution in [1.29, 1.82) is 0 Å². The Kier molecular flexibility index (Phi) is 15.7. The fourth-order valence-electron chi connectivity index (χ4n) is 18.7. The van der Waals surface area contributed by atoms with Crippen molar-refractivity contribution in [2.24, 2.45) is 71.0 Å². The van der Waals surface area contributed by atoms with Gasteiger partial charge in [-0.15, -0.1) is 0 Å². The van der Waals surface area contributed by atoms with Crippen molar-refractivity contribution in [2.45, 2.75) is 192 Å². The van der Waals surface area contributed by atoms with Crippen molar-refractivity contribution < 1.29 is 57.2 Å². The molecule has 12 fully saturated rings. The first-order chi connectivity index (χ1) is 40.5. The highest BCUT2D eigenvalue weighted by Crippen LogP contribution is 2.62. The maximum atomic E-state index is 13.1. The molecule has 16 rings (SSSR count). The molecule has 0 spiro atoms. The average molecular weight is 1140 g/mol. The van der Waals surface area contributed by atoms with Gasteiger partial charge in [0.25, 0.3) is 0 Å². The van der Waals surface area contributed by atoms with Crippen molar-refractivity contribution in [3.63, 3.8) is 0 Å². The molecule has 12 heteroatoms. The Morgan fingerprint density at radius 2 is 0.500 bits per heavy atom. The molecule has 12 nitrogen and oxygen atoms in total. The lowest BCUT2D eigenvalue weighted by Crippen LogP contribution is -2.57. The molecule has 0 radical (unpaired) electrons. The summed E-state index contributed by atoms with van der Waals surface area (Å²) in [6.45, 7) is 6.43. The van der Waals surface area contributed by atoms with E-state index in [1.165, 1.54) is 19.3 Å². The van der Waals surface area contributed by atoms with E-state index in [4.69, 9.17) is 28.4 Å². The number of rotatable bonds is 21. The molecule has 0 N–H and O–H groups in total. The van der Waals surface area contributed by atoms with Crippen molar-refractivity contribution in [3.8, 4) is 50.6 Å². The van der Waals surface area contributed by atoms with E-state index >= 15 is 0 Å². The van der Waals surface area contributed by atoms with Gasteiger partial charge in [0.1, 0.15) is 34.1 Å². The molecule has 12 aliphatic carbocycles. The summed E-state index contributed by atoms with van der Waals surface area (Å²) >= 11 is 0. The Hall–Kier alpha value is -6.30. The van der Waals surface area contributed by atoms with Crippen molar-refractivity contribution in [3.05, 3.63) is 91.0 Å². The number of carbonyl (C=O) groups is 6. The second kappa shape index (κ2) is 23.2. The predicted molar refractivity (Wildman–Crippen MR) is 316 cm³/mol. The third kappa shape index (κ3) is 11.9. The quantitative estimate of drug-likeness (QED) is 0.0442. The van der Waals surface area contributed by atoms with Crippen LogP contribution in [-0.2, 0) is 43.0 Å². The van der Waals surface area contributed by atoms with Gasteiger partial charge in [-0.2, -0.15) is 0 Å².